The summed E-state index contributed by atoms with van der Waals surface area (Å²) in [6, 6.07) is 2.05. The normalized spacial score (nSPS) is 14.8. The van der Waals surface area contributed by atoms with Gasteiger partial charge in [0.05, 0.1) is 4.88 Å². The van der Waals surface area contributed by atoms with Gasteiger partial charge in [-0.05, 0) is 44.2 Å². The van der Waals surface area contributed by atoms with Crippen molar-refractivity contribution in [2.75, 3.05) is 5.32 Å². The fraction of sp³-hybridized carbons (Fsp3) is 0.462. The molecule has 1 aliphatic carbocycles. The van der Waals surface area contributed by atoms with Crippen LogP contribution < -0.4 is 5.32 Å². The van der Waals surface area contributed by atoms with Gasteiger partial charge < -0.3 is 0 Å². The Bertz CT molecular complexity index is 579. The molecule has 1 amide bonds. The molecule has 0 unspecified atom stereocenters. The van der Waals surface area contributed by atoms with Crippen LogP contribution >= 0.6 is 22.7 Å². The molecule has 0 aromatic carbocycles. The number of thiophene rings is 1. The Morgan fingerprint density at radius 2 is 2.05 bits per heavy atom. The van der Waals surface area contributed by atoms with Crippen LogP contribution in [0.2, 0.25) is 0 Å². The van der Waals surface area contributed by atoms with Gasteiger partial charge in [0.25, 0.3) is 5.91 Å². The van der Waals surface area contributed by atoms with Gasteiger partial charge in [-0.15, -0.1) is 21.5 Å². The van der Waals surface area contributed by atoms with Crippen LogP contribution in [0.15, 0.2) is 6.07 Å². The van der Waals surface area contributed by atoms with E-state index < -0.39 is 0 Å². The van der Waals surface area contributed by atoms with Crippen molar-refractivity contribution in [1.82, 2.24) is 10.2 Å². The van der Waals surface area contributed by atoms with Gasteiger partial charge in [0.15, 0.2) is 0 Å². The molecule has 4 nitrogen and oxygen atoms in total. The minimum Gasteiger partial charge on any atom is -0.296 e. The number of carbonyl (C=O) groups is 1. The summed E-state index contributed by atoms with van der Waals surface area (Å²) in [7, 11) is 0. The van der Waals surface area contributed by atoms with E-state index in [0.29, 0.717) is 5.13 Å². The second kappa shape index (κ2) is 5.38. The molecule has 1 aliphatic rings. The largest absolute Gasteiger partial charge is 0.296 e. The summed E-state index contributed by atoms with van der Waals surface area (Å²) in [4.78, 5) is 14.3. The van der Waals surface area contributed by atoms with E-state index in [1.165, 1.54) is 41.0 Å². The molecule has 2 aromatic heterocycles. The van der Waals surface area contributed by atoms with Crippen LogP contribution in [0.25, 0.3) is 0 Å². The molecule has 2 heterocycles. The highest BCUT2D eigenvalue weighted by Crippen LogP contribution is 2.29. The molecule has 0 saturated carbocycles. The van der Waals surface area contributed by atoms with Gasteiger partial charge >= 0.3 is 0 Å². The number of aryl methyl sites for hydroxylation is 3. The zero-order valence-corrected chi connectivity index (χ0v) is 12.4. The first-order chi connectivity index (χ1) is 9.22. The van der Waals surface area contributed by atoms with Crippen molar-refractivity contribution in [2.45, 2.75) is 39.0 Å². The van der Waals surface area contributed by atoms with E-state index in [1.54, 1.807) is 11.3 Å². The van der Waals surface area contributed by atoms with Crippen LogP contribution in [-0.4, -0.2) is 16.1 Å². The number of fused-ring (bicyclic) bond motifs is 1. The average Bonchev–Trinajstić information content (AvgIpc) is 2.91. The van der Waals surface area contributed by atoms with Crippen LogP contribution in [0.1, 0.15) is 44.4 Å². The van der Waals surface area contributed by atoms with E-state index in [4.69, 9.17) is 0 Å². The molecule has 3 rings (SSSR count). The molecular weight excluding hydrogens is 278 g/mol. The number of rotatable bonds is 2. The maximum absolute atomic E-state index is 12.2. The third-order valence-electron chi connectivity index (χ3n) is 3.22. The van der Waals surface area contributed by atoms with Gasteiger partial charge in [0.1, 0.15) is 5.01 Å². The summed E-state index contributed by atoms with van der Waals surface area (Å²) >= 11 is 3.03. The monoisotopic (exact) mass is 293 g/mol. The third kappa shape index (κ3) is 2.84. The minimum atomic E-state index is -0.0609. The Hall–Kier alpha value is -1.27. The molecular formula is C13H15N3OS2. The Kier molecular flexibility index (Phi) is 3.61. The number of nitrogens with one attached hydrogen (secondary N) is 1. The predicted molar refractivity (Wildman–Crippen MR) is 78.2 cm³/mol. The van der Waals surface area contributed by atoms with Crippen molar-refractivity contribution in [3.05, 3.63) is 26.4 Å². The molecule has 0 spiro atoms. The summed E-state index contributed by atoms with van der Waals surface area (Å²) < 4.78 is 0. The predicted octanol–water partition coefficient (Wildman–Crippen LogP) is 3.43. The number of anilines is 1. The quantitative estimate of drug-likeness (QED) is 0.863. The molecule has 0 saturated heterocycles. The van der Waals surface area contributed by atoms with E-state index in [2.05, 4.69) is 21.6 Å². The molecule has 0 fully saturated rings. The highest BCUT2D eigenvalue weighted by atomic mass is 32.1. The first-order valence-electron chi connectivity index (χ1n) is 6.45. The van der Waals surface area contributed by atoms with Crippen molar-refractivity contribution in [3.8, 4) is 0 Å². The van der Waals surface area contributed by atoms with Crippen LogP contribution in [0.4, 0.5) is 5.13 Å². The lowest BCUT2D eigenvalue weighted by molar-refractivity contribution is 0.103. The summed E-state index contributed by atoms with van der Waals surface area (Å²) in [6.45, 7) is 1.88. The van der Waals surface area contributed by atoms with Gasteiger partial charge in [-0.2, -0.15) is 0 Å². The summed E-state index contributed by atoms with van der Waals surface area (Å²) in [5.74, 6) is -0.0609. The number of hydrogen-bond acceptors (Lipinski definition) is 5. The molecule has 100 valence electrons. The molecule has 0 bridgehead atoms. The maximum atomic E-state index is 12.2. The summed E-state index contributed by atoms with van der Waals surface area (Å²) in [5, 5.41) is 12.1. The fourth-order valence-corrected chi connectivity index (χ4v) is 4.02. The van der Waals surface area contributed by atoms with Gasteiger partial charge in [0.2, 0.25) is 5.13 Å². The summed E-state index contributed by atoms with van der Waals surface area (Å²) in [6.07, 6.45) is 6.00. The Morgan fingerprint density at radius 1 is 1.21 bits per heavy atom. The maximum Gasteiger partial charge on any atom is 0.267 e. The van der Waals surface area contributed by atoms with E-state index in [0.717, 1.165) is 22.7 Å². The number of carbonyl (C=O) groups excluding carboxylic acids is 1. The lowest BCUT2D eigenvalue weighted by Crippen LogP contribution is -2.09. The van der Waals surface area contributed by atoms with E-state index >= 15 is 0 Å². The van der Waals surface area contributed by atoms with Gasteiger partial charge in [0, 0.05) is 4.88 Å². The van der Waals surface area contributed by atoms with Crippen molar-refractivity contribution >= 4 is 33.7 Å². The Labute approximate surface area is 119 Å². The van der Waals surface area contributed by atoms with E-state index in [-0.39, 0.29) is 5.91 Å². The average molecular weight is 293 g/mol. The van der Waals surface area contributed by atoms with E-state index in [1.807, 2.05) is 6.92 Å². The zero-order valence-electron chi connectivity index (χ0n) is 10.7. The number of nitrogens with zero attached hydrogens (tertiary/aromatic N) is 2. The lowest BCUT2D eigenvalue weighted by atomic mass is 10.1. The number of amides is 1. The SMILES string of the molecule is Cc1nnc(NC(=O)c2cc3c(s2)CCCCC3)s1. The molecule has 2 aromatic rings. The minimum absolute atomic E-state index is 0.0609. The molecule has 0 aliphatic heterocycles. The highest BCUT2D eigenvalue weighted by Gasteiger charge is 2.17. The van der Waals surface area contributed by atoms with Crippen LogP contribution in [-0.2, 0) is 12.8 Å². The second-order valence-electron chi connectivity index (χ2n) is 4.70. The van der Waals surface area contributed by atoms with Gasteiger partial charge in [-0.25, -0.2) is 0 Å². The van der Waals surface area contributed by atoms with E-state index in [9.17, 15) is 4.79 Å². The molecule has 0 atom stereocenters. The molecule has 1 N–H and O–H groups in total. The Morgan fingerprint density at radius 3 is 2.84 bits per heavy atom. The van der Waals surface area contributed by atoms with Crippen molar-refractivity contribution in [2.24, 2.45) is 0 Å². The lowest BCUT2D eigenvalue weighted by Gasteiger charge is -1.97. The topological polar surface area (TPSA) is 54.9 Å². The van der Waals surface area contributed by atoms with Gasteiger partial charge in [-0.3, -0.25) is 10.1 Å². The first-order valence-corrected chi connectivity index (χ1v) is 8.09. The van der Waals surface area contributed by atoms with Crippen molar-refractivity contribution in [3.63, 3.8) is 0 Å². The van der Waals surface area contributed by atoms with Crippen molar-refractivity contribution < 1.29 is 4.79 Å². The molecule has 0 radical (unpaired) electrons. The summed E-state index contributed by atoms with van der Waals surface area (Å²) in [5.41, 5.74) is 1.36. The fourth-order valence-electron chi connectivity index (χ4n) is 2.29. The highest BCUT2D eigenvalue weighted by molar-refractivity contribution is 7.16. The number of aromatic nitrogens is 2. The zero-order chi connectivity index (χ0) is 13.2. The van der Waals surface area contributed by atoms with Gasteiger partial charge in [-0.1, -0.05) is 17.8 Å². The Balaban J connectivity index is 1.76. The number of hydrogen-bond donors (Lipinski definition) is 1. The van der Waals surface area contributed by atoms with Crippen LogP contribution in [0, 0.1) is 6.92 Å². The molecule has 6 heteroatoms. The van der Waals surface area contributed by atoms with Crippen LogP contribution in [0.5, 0.6) is 0 Å². The van der Waals surface area contributed by atoms with Crippen molar-refractivity contribution in [1.29, 1.82) is 0 Å². The van der Waals surface area contributed by atoms with Crippen LogP contribution in [0.3, 0.4) is 0 Å². The standard InChI is InChI=1S/C13H15N3OS2/c1-8-15-16-13(18-8)14-12(17)11-7-9-5-3-2-4-6-10(9)19-11/h7H,2-6H2,1H3,(H,14,16,17). The smallest absolute Gasteiger partial charge is 0.267 e. The first kappa shape index (κ1) is 12.7. The molecule has 19 heavy (non-hydrogen) atoms. The second-order valence-corrected chi connectivity index (χ2v) is 7.02. The third-order valence-corrected chi connectivity index (χ3v) is 5.21.